The third-order valence-electron chi connectivity index (χ3n) is 2.09. The van der Waals surface area contributed by atoms with E-state index in [1.165, 1.54) is 0 Å². The Kier molecular flexibility index (Phi) is 4.44. The molecule has 0 heterocycles. The Labute approximate surface area is 94.9 Å². The van der Waals surface area contributed by atoms with Crippen LogP contribution in [0.25, 0.3) is 0 Å². The second kappa shape index (κ2) is 5.85. The largest absolute Gasteiger partial charge is 0.494 e. The number of oxime groups is 1. The highest BCUT2D eigenvalue weighted by atomic mass is 16.5. The molecule has 1 atom stereocenters. The number of nitrogens with zero attached hydrogens (tertiary/aromatic N) is 1. The summed E-state index contributed by atoms with van der Waals surface area (Å²) >= 11 is 0. The minimum Gasteiger partial charge on any atom is -0.494 e. The zero-order valence-corrected chi connectivity index (χ0v) is 9.47. The summed E-state index contributed by atoms with van der Waals surface area (Å²) in [5, 5.41) is 14.6. The summed E-state index contributed by atoms with van der Waals surface area (Å²) in [7, 11) is 0. The molecule has 0 bridgehead atoms. The van der Waals surface area contributed by atoms with E-state index in [9.17, 15) is 0 Å². The van der Waals surface area contributed by atoms with Crippen LogP contribution < -0.4 is 15.8 Å². The number of ether oxygens (including phenoxy) is 1. The van der Waals surface area contributed by atoms with Gasteiger partial charge in [-0.1, -0.05) is 11.2 Å². The molecular formula is C11H17N3O2. The molecule has 0 radical (unpaired) electrons. The van der Waals surface area contributed by atoms with Crippen molar-refractivity contribution in [1.29, 1.82) is 0 Å². The molecule has 0 fully saturated rings. The van der Waals surface area contributed by atoms with Gasteiger partial charge in [0.2, 0.25) is 0 Å². The topological polar surface area (TPSA) is 79.9 Å². The van der Waals surface area contributed by atoms with Crippen molar-refractivity contribution in [2.75, 3.05) is 11.9 Å². The second-order valence-electron chi connectivity index (χ2n) is 3.35. The van der Waals surface area contributed by atoms with Crippen LogP contribution in [0, 0.1) is 0 Å². The number of benzene rings is 1. The Hall–Kier alpha value is -1.91. The van der Waals surface area contributed by atoms with Gasteiger partial charge < -0.3 is 21.0 Å². The SMILES string of the molecule is CCOc1cccc(NC(C)C(N)=NO)c1. The third-order valence-corrected chi connectivity index (χ3v) is 2.09. The first kappa shape index (κ1) is 12.2. The Morgan fingerprint density at radius 2 is 2.38 bits per heavy atom. The molecule has 0 spiro atoms. The number of anilines is 1. The Morgan fingerprint density at radius 3 is 3.00 bits per heavy atom. The van der Waals surface area contributed by atoms with Gasteiger partial charge in [0.25, 0.3) is 0 Å². The molecule has 1 unspecified atom stereocenters. The first-order chi connectivity index (χ1) is 7.67. The highest BCUT2D eigenvalue weighted by Gasteiger charge is 2.07. The summed E-state index contributed by atoms with van der Waals surface area (Å²) in [6.07, 6.45) is 0. The summed E-state index contributed by atoms with van der Waals surface area (Å²) < 4.78 is 5.36. The molecule has 0 amide bonds. The predicted molar refractivity (Wildman–Crippen MR) is 64.1 cm³/mol. The van der Waals surface area contributed by atoms with Crippen LogP contribution in [-0.2, 0) is 0 Å². The monoisotopic (exact) mass is 223 g/mol. The lowest BCUT2D eigenvalue weighted by molar-refractivity contribution is 0.316. The summed E-state index contributed by atoms with van der Waals surface area (Å²) in [4.78, 5) is 0. The van der Waals surface area contributed by atoms with Crippen LogP contribution in [0.3, 0.4) is 0 Å². The van der Waals surface area contributed by atoms with Crippen LogP contribution >= 0.6 is 0 Å². The van der Waals surface area contributed by atoms with Crippen molar-refractivity contribution in [3.63, 3.8) is 0 Å². The lowest BCUT2D eigenvalue weighted by Gasteiger charge is -2.14. The maximum absolute atomic E-state index is 8.52. The maximum Gasteiger partial charge on any atom is 0.161 e. The van der Waals surface area contributed by atoms with Gasteiger partial charge in [0.05, 0.1) is 12.6 Å². The van der Waals surface area contributed by atoms with Gasteiger partial charge >= 0.3 is 0 Å². The molecule has 0 aromatic heterocycles. The molecule has 1 aromatic carbocycles. The van der Waals surface area contributed by atoms with Gasteiger partial charge in [0, 0.05) is 11.8 Å². The fraction of sp³-hybridized carbons (Fsp3) is 0.364. The molecular weight excluding hydrogens is 206 g/mol. The van der Waals surface area contributed by atoms with Crippen molar-refractivity contribution in [2.45, 2.75) is 19.9 Å². The van der Waals surface area contributed by atoms with Crippen LogP contribution in [0.4, 0.5) is 5.69 Å². The fourth-order valence-corrected chi connectivity index (χ4v) is 1.25. The molecule has 1 aromatic rings. The predicted octanol–water partition coefficient (Wildman–Crippen LogP) is 1.63. The van der Waals surface area contributed by atoms with Crippen LogP contribution in [0.1, 0.15) is 13.8 Å². The number of nitrogens with one attached hydrogen (secondary N) is 1. The zero-order chi connectivity index (χ0) is 12.0. The third kappa shape index (κ3) is 3.34. The van der Waals surface area contributed by atoms with E-state index in [0.29, 0.717) is 6.61 Å². The van der Waals surface area contributed by atoms with Gasteiger partial charge in [-0.3, -0.25) is 0 Å². The van der Waals surface area contributed by atoms with Gasteiger partial charge in [-0.25, -0.2) is 0 Å². The molecule has 4 N–H and O–H groups in total. The van der Waals surface area contributed by atoms with E-state index < -0.39 is 0 Å². The van der Waals surface area contributed by atoms with Crippen LogP contribution in [0.15, 0.2) is 29.4 Å². The summed E-state index contributed by atoms with van der Waals surface area (Å²) in [5.74, 6) is 0.932. The number of amidine groups is 1. The van der Waals surface area contributed by atoms with Crippen molar-refractivity contribution in [1.82, 2.24) is 0 Å². The normalized spacial score (nSPS) is 13.2. The van der Waals surface area contributed by atoms with E-state index in [1.807, 2.05) is 38.1 Å². The molecule has 1 rings (SSSR count). The Bertz CT molecular complexity index is 366. The van der Waals surface area contributed by atoms with Crippen LogP contribution in [-0.4, -0.2) is 23.7 Å². The molecule has 5 heteroatoms. The van der Waals surface area contributed by atoms with E-state index >= 15 is 0 Å². The minimum atomic E-state index is -0.234. The van der Waals surface area contributed by atoms with Crippen molar-refractivity contribution < 1.29 is 9.94 Å². The molecule has 0 saturated heterocycles. The first-order valence-electron chi connectivity index (χ1n) is 5.14. The molecule has 5 nitrogen and oxygen atoms in total. The van der Waals surface area contributed by atoms with Gasteiger partial charge in [0.1, 0.15) is 5.75 Å². The summed E-state index contributed by atoms with van der Waals surface area (Å²) in [6, 6.07) is 7.28. The lowest BCUT2D eigenvalue weighted by atomic mass is 10.2. The number of nitrogens with two attached hydrogens (primary N) is 1. The van der Waals surface area contributed by atoms with Gasteiger partial charge in [-0.05, 0) is 26.0 Å². The average Bonchev–Trinajstić information content (AvgIpc) is 2.29. The molecule has 0 aliphatic carbocycles. The molecule has 0 saturated carbocycles. The highest BCUT2D eigenvalue weighted by molar-refractivity contribution is 5.87. The van der Waals surface area contributed by atoms with Crippen molar-refractivity contribution in [3.8, 4) is 5.75 Å². The van der Waals surface area contributed by atoms with Crippen LogP contribution in [0.2, 0.25) is 0 Å². The van der Waals surface area contributed by atoms with Gasteiger partial charge in [-0.15, -0.1) is 0 Å². The average molecular weight is 223 g/mol. The molecule has 88 valence electrons. The summed E-state index contributed by atoms with van der Waals surface area (Å²) in [6.45, 7) is 4.36. The van der Waals surface area contributed by atoms with Crippen molar-refractivity contribution in [2.24, 2.45) is 10.9 Å². The maximum atomic E-state index is 8.52. The van der Waals surface area contributed by atoms with Crippen molar-refractivity contribution in [3.05, 3.63) is 24.3 Å². The first-order valence-corrected chi connectivity index (χ1v) is 5.14. The Morgan fingerprint density at radius 1 is 1.62 bits per heavy atom. The number of hydrogen-bond acceptors (Lipinski definition) is 4. The smallest absolute Gasteiger partial charge is 0.161 e. The lowest BCUT2D eigenvalue weighted by Crippen LogP contribution is -2.32. The quantitative estimate of drug-likeness (QED) is 0.307. The van der Waals surface area contributed by atoms with E-state index in [0.717, 1.165) is 11.4 Å². The molecule has 0 aliphatic heterocycles. The molecule has 0 aliphatic rings. The van der Waals surface area contributed by atoms with Crippen molar-refractivity contribution >= 4 is 11.5 Å². The molecule has 16 heavy (non-hydrogen) atoms. The van der Waals surface area contributed by atoms with E-state index in [1.54, 1.807) is 0 Å². The van der Waals surface area contributed by atoms with Gasteiger partial charge in [0.15, 0.2) is 5.84 Å². The zero-order valence-electron chi connectivity index (χ0n) is 9.47. The van der Waals surface area contributed by atoms with E-state index in [-0.39, 0.29) is 11.9 Å². The standard InChI is InChI=1S/C11H17N3O2/c1-3-16-10-6-4-5-9(7-10)13-8(2)11(12)14-15/h4-8,13,15H,3H2,1-2H3,(H2,12,14). The minimum absolute atomic E-state index is 0.141. The fourth-order valence-electron chi connectivity index (χ4n) is 1.25. The highest BCUT2D eigenvalue weighted by Crippen LogP contribution is 2.17. The van der Waals surface area contributed by atoms with Gasteiger partial charge in [-0.2, -0.15) is 0 Å². The summed E-state index contributed by atoms with van der Waals surface area (Å²) in [5.41, 5.74) is 6.33. The van der Waals surface area contributed by atoms with E-state index in [2.05, 4.69) is 10.5 Å². The Balaban J connectivity index is 2.70. The number of hydrogen-bond donors (Lipinski definition) is 3. The second-order valence-corrected chi connectivity index (χ2v) is 3.35. The van der Waals surface area contributed by atoms with E-state index in [4.69, 9.17) is 15.7 Å². The van der Waals surface area contributed by atoms with Crippen LogP contribution in [0.5, 0.6) is 5.75 Å². The number of rotatable bonds is 5.